The summed E-state index contributed by atoms with van der Waals surface area (Å²) in [5, 5.41) is 3.21. The van der Waals surface area contributed by atoms with Crippen LogP contribution in [-0.4, -0.2) is 13.6 Å². The highest BCUT2D eigenvalue weighted by Gasteiger charge is 2.38. The molecule has 0 aliphatic heterocycles. The second-order valence-corrected chi connectivity index (χ2v) is 3.95. The minimum absolute atomic E-state index is 0.670. The van der Waals surface area contributed by atoms with Crippen molar-refractivity contribution in [1.82, 2.24) is 5.32 Å². The van der Waals surface area contributed by atoms with E-state index in [2.05, 4.69) is 19.2 Å². The highest BCUT2D eigenvalue weighted by molar-refractivity contribution is 4.89. The maximum absolute atomic E-state index is 3.21. The minimum Gasteiger partial charge on any atom is -0.320 e. The van der Waals surface area contributed by atoms with Gasteiger partial charge in [0.1, 0.15) is 0 Å². The fraction of sp³-hybridized carbons (Fsp3) is 1.00. The lowest BCUT2D eigenvalue weighted by atomic mass is 9.60. The monoisotopic (exact) mass is 141 g/mol. The van der Waals surface area contributed by atoms with Gasteiger partial charge in [-0.3, -0.25) is 0 Å². The summed E-state index contributed by atoms with van der Waals surface area (Å²) in [5.41, 5.74) is 0.670. The quantitative estimate of drug-likeness (QED) is 0.634. The standard InChI is InChI=1S/C9H19N/c1-8-4-5-9(8,2)6-7-10-3/h8,10H,4-7H2,1-3H3/t8-,9?/m1/s1. The number of hydrogen-bond donors (Lipinski definition) is 1. The van der Waals surface area contributed by atoms with Crippen molar-refractivity contribution in [2.45, 2.75) is 33.1 Å². The fourth-order valence-corrected chi connectivity index (χ4v) is 1.71. The number of nitrogens with one attached hydrogen (secondary N) is 1. The molecule has 1 N–H and O–H groups in total. The van der Waals surface area contributed by atoms with Crippen molar-refractivity contribution in [3.05, 3.63) is 0 Å². The first kappa shape index (κ1) is 8.06. The third-order valence-electron chi connectivity index (χ3n) is 3.28. The van der Waals surface area contributed by atoms with Crippen LogP contribution in [0.15, 0.2) is 0 Å². The molecule has 0 heterocycles. The maximum Gasteiger partial charge on any atom is -0.00466 e. The first-order valence-corrected chi connectivity index (χ1v) is 4.33. The summed E-state index contributed by atoms with van der Waals surface area (Å²) >= 11 is 0. The average molecular weight is 141 g/mol. The molecule has 2 atom stereocenters. The summed E-state index contributed by atoms with van der Waals surface area (Å²) in [6.07, 6.45) is 4.24. The Labute approximate surface area is 64.2 Å². The summed E-state index contributed by atoms with van der Waals surface area (Å²) < 4.78 is 0. The number of rotatable bonds is 3. The van der Waals surface area contributed by atoms with Gasteiger partial charge in [-0.2, -0.15) is 0 Å². The van der Waals surface area contributed by atoms with Crippen molar-refractivity contribution in [3.8, 4) is 0 Å². The number of hydrogen-bond acceptors (Lipinski definition) is 1. The van der Waals surface area contributed by atoms with E-state index < -0.39 is 0 Å². The first-order valence-electron chi connectivity index (χ1n) is 4.33. The van der Waals surface area contributed by atoms with E-state index in [1.165, 1.54) is 25.8 Å². The molecule has 1 saturated carbocycles. The van der Waals surface area contributed by atoms with Crippen molar-refractivity contribution in [3.63, 3.8) is 0 Å². The third-order valence-corrected chi connectivity index (χ3v) is 3.28. The average Bonchev–Trinajstić information content (AvgIpc) is 1.97. The summed E-state index contributed by atoms with van der Waals surface area (Å²) in [4.78, 5) is 0. The predicted octanol–water partition coefficient (Wildman–Crippen LogP) is 2.03. The normalized spacial score (nSPS) is 39.3. The Hall–Kier alpha value is -0.0400. The van der Waals surface area contributed by atoms with Crippen LogP contribution >= 0.6 is 0 Å². The lowest BCUT2D eigenvalue weighted by molar-refractivity contribution is 0.0563. The molecule has 0 amide bonds. The third kappa shape index (κ3) is 1.34. The minimum atomic E-state index is 0.670. The molecule has 0 saturated heterocycles. The van der Waals surface area contributed by atoms with Gasteiger partial charge in [0.15, 0.2) is 0 Å². The lowest BCUT2D eigenvalue weighted by Gasteiger charge is -2.45. The van der Waals surface area contributed by atoms with E-state index in [9.17, 15) is 0 Å². The molecular formula is C9H19N. The van der Waals surface area contributed by atoms with Crippen molar-refractivity contribution < 1.29 is 0 Å². The molecule has 60 valence electrons. The Balaban J connectivity index is 2.24. The van der Waals surface area contributed by atoms with Crippen LogP contribution in [0.25, 0.3) is 0 Å². The van der Waals surface area contributed by atoms with Crippen LogP contribution in [0.1, 0.15) is 33.1 Å². The molecule has 1 unspecified atom stereocenters. The van der Waals surface area contributed by atoms with Gasteiger partial charge in [-0.15, -0.1) is 0 Å². The predicted molar refractivity (Wildman–Crippen MR) is 45.0 cm³/mol. The molecule has 10 heavy (non-hydrogen) atoms. The summed E-state index contributed by atoms with van der Waals surface area (Å²) in [7, 11) is 2.03. The van der Waals surface area contributed by atoms with E-state index >= 15 is 0 Å². The smallest absolute Gasteiger partial charge is 0.00466 e. The second kappa shape index (κ2) is 2.91. The Bertz CT molecular complexity index is 111. The van der Waals surface area contributed by atoms with E-state index in [1.54, 1.807) is 0 Å². The van der Waals surface area contributed by atoms with Crippen molar-refractivity contribution in [2.24, 2.45) is 11.3 Å². The van der Waals surface area contributed by atoms with Crippen LogP contribution in [0.2, 0.25) is 0 Å². The molecule has 1 aliphatic rings. The van der Waals surface area contributed by atoms with E-state index in [0.717, 1.165) is 5.92 Å². The van der Waals surface area contributed by atoms with Crippen molar-refractivity contribution in [1.29, 1.82) is 0 Å². The van der Waals surface area contributed by atoms with Crippen LogP contribution in [-0.2, 0) is 0 Å². The summed E-state index contributed by atoms with van der Waals surface area (Å²) in [6.45, 7) is 5.97. The van der Waals surface area contributed by atoms with Gasteiger partial charge in [0.25, 0.3) is 0 Å². The van der Waals surface area contributed by atoms with Crippen molar-refractivity contribution >= 4 is 0 Å². The van der Waals surface area contributed by atoms with Crippen LogP contribution in [0.4, 0.5) is 0 Å². The molecule has 0 bridgehead atoms. The molecule has 1 aliphatic carbocycles. The van der Waals surface area contributed by atoms with Gasteiger partial charge in [0.2, 0.25) is 0 Å². The Morgan fingerprint density at radius 2 is 2.30 bits per heavy atom. The largest absolute Gasteiger partial charge is 0.320 e. The molecule has 0 aromatic heterocycles. The van der Waals surface area contributed by atoms with E-state index in [1.807, 2.05) is 7.05 Å². The Kier molecular flexibility index (Phi) is 2.35. The molecule has 0 spiro atoms. The van der Waals surface area contributed by atoms with Crippen LogP contribution in [0.3, 0.4) is 0 Å². The Morgan fingerprint density at radius 1 is 1.60 bits per heavy atom. The molecule has 0 radical (unpaired) electrons. The van der Waals surface area contributed by atoms with Crippen LogP contribution in [0, 0.1) is 11.3 Å². The van der Waals surface area contributed by atoms with E-state index in [4.69, 9.17) is 0 Å². The molecular weight excluding hydrogens is 122 g/mol. The van der Waals surface area contributed by atoms with Gasteiger partial charge in [0.05, 0.1) is 0 Å². The topological polar surface area (TPSA) is 12.0 Å². The molecule has 1 rings (SSSR count). The van der Waals surface area contributed by atoms with Crippen molar-refractivity contribution in [2.75, 3.05) is 13.6 Å². The SMILES string of the molecule is CNCCC1(C)CC[C@H]1C. The molecule has 0 aromatic rings. The summed E-state index contributed by atoms with van der Waals surface area (Å²) in [5.74, 6) is 0.959. The molecule has 1 nitrogen and oxygen atoms in total. The van der Waals surface area contributed by atoms with Gasteiger partial charge in [-0.1, -0.05) is 13.8 Å². The lowest BCUT2D eigenvalue weighted by Crippen LogP contribution is -2.37. The van der Waals surface area contributed by atoms with Gasteiger partial charge in [0, 0.05) is 0 Å². The van der Waals surface area contributed by atoms with Gasteiger partial charge < -0.3 is 5.32 Å². The zero-order valence-corrected chi connectivity index (χ0v) is 7.41. The van der Waals surface area contributed by atoms with E-state index in [0.29, 0.717) is 5.41 Å². The Morgan fingerprint density at radius 3 is 2.60 bits per heavy atom. The highest BCUT2D eigenvalue weighted by atomic mass is 14.8. The highest BCUT2D eigenvalue weighted by Crippen LogP contribution is 2.48. The summed E-state index contributed by atoms with van der Waals surface area (Å²) in [6, 6.07) is 0. The van der Waals surface area contributed by atoms with Crippen LogP contribution in [0.5, 0.6) is 0 Å². The first-order chi connectivity index (χ1) is 4.69. The maximum atomic E-state index is 3.21. The zero-order valence-electron chi connectivity index (χ0n) is 7.41. The molecule has 1 heteroatoms. The van der Waals surface area contributed by atoms with Gasteiger partial charge in [-0.25, -0.2) is 0 Å². The second-order valence-electron chi connectivity index (χ2n) is 3.95. The van der Waals surface area contributed by atoms with Gasteiger partial charge in [-0.05, 0) is 44.2 Å². The molecule has 1 fully saturated rings. The zero-order chi connectivity index (χ0) is 7.61. The fourth-order valence-electron chi connectivity index (χ4n) is 1.71. The molecule has 0 aromatic carbocycles. The van der Waals surface area contributed by atoms with Crippen LogP contribution < -0.4 is 5.32 Å². The van der Waals surface area contributed by atoms with E-state index in [-0.39, 0.29) is 0 Å². The van der Waals surface area contributed by atoms with Gasteiger partial charge >= 0.3 is 0 Å².